The minimum absolute atomic E-state index is 0.515. The molecule has 3 rings (SSSR count). The number of nitrogens with zero attached hydrogens (tertiary/aromatic N) is 1. The van der Waals surface area contributed by atoms with Gasteiger partial charge in [0.25, 0.3) is 0 Å². The topological polar surface area (TPSA) is 43.4 Å². The van der Waals surface area contributed by atoms with Gasteiger partial charge in [0, 0.05) is 11.9 Å². The van der Waals surface area contributed by atoms with Gasteiger partial charge in [0.1, 0.15) is 11.0 Å². The van der Waals surface area contributed by atoms with Crippen molar-refractivity contribution < 1.29 is 9.47 Å². The molecule has 1 heterocycles. The first-order valence-corrected chi connectivity index (χ1v) is 8.09. The van der Waals surface area contributed by atoms with Crippen LogP contribution in [-0.2, 0) is 6.42 Å². The minimum atomic E-state index is 0.515. The Bertz CT molecular complexity index is 852. The lowest BCUT2D eigenvalue weighted by Gasteiger charge is -2.11. The van der Waals surface area contributed by atoms with Crippen LogP contribution in [0.5, 0.6) is 11.5 Å². The third-order valence-electron chi connectivity index (χ3n) is 3.86. The predicted molar refractivity (Wildman–Crippen MR) is 98.5 cm³/mol. The highest BCUT2D eigenvalue weighted by Crippen LogP contribution is 2.28. The number of methoxy groups -OCH3 is 2. The maximum absolute atomic E-state index is 6.25. The van der Waals surface area contributed by atoms with Crippen LogP contribution in [-0.4, -0.2) is 25.7 Å². The van der Waals surface area contributed by atoms with Crippen molar-refractivity contribution in [2.45, 2.75) is 6.42 Å². The van der Waals surface area contributed by atoms with E-state index >= 15 is 0 Å². The molecular formula is C19H19ClN2O2. The number of rotatable bonds is 6. The van der Waals surface area contributed by atoms with Gasteiger partial charge in [0.2, 0.25) is 0 Å². The Morgan fingerprint density at radius 1 is 1.00 bits per heavy atom. The van der Waals surface area contributed by atoms with E-state index in [1.807, 2.05) is 48.5 Å². The quantitative estimate of drug-likeness (QED) is 0.667. The number of pyridine rings is 1. The molecule has 5 heteroatoms. The Morgan fingerprint density at radius 3 is 2.58 bits per heavy atom. The van der Waals surface area contributed by atoms with Crippen molar-refractivity contribution in [3.63, 3.8) is 0 Å². The van der Waals surface area contributed by atoms with Gasteiger partial charge in [-0.15, -0.1) is 0 Å². The van der Waals surface area contributed by atoms with Crippen LogP contribution in [0.3, 0.4) is 0 Å². The van der Waals surface area contributed by atoms with Crippen LogP contribution in [0.1, 0.15) is 5.56 Å². The molecule has 0 aliphatic heterocycles. The zero-order valence-electron chi connectivity index (χ0n) is 13.7. The highest BCUT2D eigenvalue weighted by atomic mass is 35.5. The van der Waals surface area contributed by atoms with Crippen LogP contribution in [0.2, 0.25) is 5.15 Å². The molecule has 124 valence electrons. The van der Waals surface area contributed by atoms with Crippen molar-refractivity contribution in [3.05, 3.63) is 59.2 Å². The van der Waals surface area contributed by atoms with Crippen molar-refractivity contribution in [2.75, 3.05) is 26.1 Å². The van der Waals surface area contributed by atoms with E-state index in [0.717, 1.165) is 46.6 Å². The summed E-state index contributed by atoms with van der Waals surface area (Å²) in [5, 5.41) is 5.88. The molecule has 0 saturated heterocycles. The third kappa shape index (κ3) is 3.54. The molecule has 0 aliphatic carbocycles. The van der Waals surface area contributed by atoms with Crippen LogP contribution < -0.4 is 14.8 Å². The number of fused-ring (bicyclic) bond motifs is 1. The summed E-state index contributed by atoms with van der Waals surface area (Å²) in [6, 6.07) is 15.9. The second-order valence-electron chi connectivity index (χ2n) is 5.39. The van der Waals surface area contributed by atoms with Crippen LogP contribution in [0.4, 0.5) is 5.82 Å². The molecule has 0 unspecified atom stereocenters. The van der Waals surface area contributed by atoms with Crippen molar-refractivity contribution in [2.24, 2.45) is 0 Å². The molecule has 1 N–H and O–H groups in total. The first-order valence-electron chi connectivity index (χ1n) is 7.71. The minimum Gasteiger partial charge on any atom is -0.493 e. The largest absolute Gasteiger partial charge is 0.493 e. The Hall–Kier alpha value is -2.46. The zero-order chi connectivity index (χ0) is 16.9. The molecule has 1 aromatic heterocycles. The van der Waals surface area contributed by atoms with Crippen LogP contribution in [0.15, 0.2) is 48.5 Å². The normalized spacial score (nSPS) is 10.6. The Balaban J connectivity index is 1.68. The lowest BCUT2D eigenvalue weighted by Crippen LogP contribution is -2.06. The second kappa shape index (κ2) is 7.41. The number of halogens is 1. The molecule has 0 spiro atoms. The second-order valence-corrected chi connectivity index (χ2v) is 5.74. The number of hydrogen-bond acceptors (Lipinski definition) is 4. The first-order chi connectivity index (χ1) is 11.7. The van der Waals surface area contributed by atoms with E-state index in [9.17, 15) is 0 Å². The summed E-state index contributed by atoms with van der Waals surface area (Å²) in [6.07, 6.45) is 0.840. The van der Waals surface area contributed by atoms with Gasteiger partial charge in [0.15, 0.2) is 11.5 Å². The lowest BCUT2D eigenvalue weighted by molar-refractivity contribution is 0.354. The van der Waals surface area contributed by atoms with Crippen molar-refractivity contribution in [1.29, 1.82) is 0 Å². The van der Waals surface area contributed by atoms with Crippen LogP contribution in [0, 0.1) is 0 Å². The van der Waals surface area contributed by atoms with Gasteiger partial charge in [-0.3, -0.25) is 0 Å². The van der Waals surface area contributed by atoms with Gasteiger partial charge in [-0.1, -0.05) is 41.9 Å². The molecule has 3 aromatic rings. The summed E-state index contributed by atoms with van der Waals surface area (Å²) in [7, 11) is 3.27. The molecule has 0 saturated carbocycles. The predicted octanol–water partition coefficient (Wildman–Crippen LogP) is 4.56. The number of nitrogens with one attached hydrogen (secondary N) is 1. The zero-order valence-corrected chi connectivity index (χ0v) is 14.4. The molecule has 0 fully saturated rings. The average molecular weight is 343 g/mol. The third-order valence-corrected chi connectivity index (χ3v) is 4.15. The lowest BCUT2D eigenvalue weighted by atomic mass is 10.1. The molecule has 0 aliphatic rings. The smallest absolute Gasteiger partial charge is 0.160 e. The fraction of sp³-hybridized carbons (Fsp3) is 0.211. The van der Waals surface area contributed by atoms with Crippen molar-refractivity contribution in [1.82, 2.24) is 4.98 Å². The molecule has 24 heavy (non-hydrogen) atoms. The monoisotopic (exact) mass is 342 g/mol. The highest BCUT2D eigenvalue weighted by Gasteiger charge is 2.06. The number of aromatic nitrogens is 1. The van der Waals surface area contributed by atoms with E-state index in [1.54, 1.807) is 14.2 Å². The van der Waals surface area contributed by atoms with E-state index in [4.69, 9.17) is 21.1 Å². The molecule has 4 nitrogen and oxygen atoms in total. The van der Waals surface area contributed by atoms with E-state index < -0.39 is 0 Å². The Kier molecular flexibility index (Phi) is 5.06. The highest BCUT2D eigenvalue weighted by molar-refractivity contribution is 6.34. The van der Waals surface area contributed by atoms with Gasteiger partial charge in [-0.05, 0) is 35.6 Å². The van der Waals surface area contributed by atoms with Crippen molar-refractivity contribution >= 4 is 28.2 Å². The molecule has 0 amide bonds. The SMILES string of the molecule is COc1ccc(CCNc2cc3ccccc3c(Cl)n2)cc1OC. The fourth-order valence-corrected chi connectivity index (χ4v) is 2.88. The van der Waals surface area contributed by atoms with E-state index in [0.29, 0.717) is 5.15 Å². The average Bonchev–Trinajstić information content (AvgIpc) is 2.61. The van der Waals surface area contributed by atoms with E-state index in [2.05, 4.69) is 10.3 Å². The van der Waals surface area contributed by atoms with E-state index in [1.165, 1.54) is 0 Å². The Labute approximate surface area is 146 Å². The van der Waals surface area contributed by atoms with Gasteiger partial charge < -0.3 is 14.8 Å². The number of anilines is 1. The standard InChI is InChI=1S/C19H19ClN2O2/c1-23-16-8-7-13(11-17(16)24-2)9-10-21-18-12-14-5-3-4-6-15(14)19(20)22-18/h3-8,11-12H,9-10H2,1-2H3,(H,21,22). The van der Waals surface area contributed by atoms with Gasteiger partial charge in [-0.25, -0.2) is 4.98 Å². The van der Waals surface area contributed by atoms with Crippen LogP contribution >= 0.6 is 11.6 Å². The summed E-state index contributed by atoms with van der Waals surface area (Å²) in [6.45, 7) is 0.747. The first kappa shape index (κ1) is 16.4. The number of benzene rings is 2. The maximum atomic E-state index is 6.25. The van der Waals surface area contributed by atoms with Gasteiger partial charge in [0.05, 0.1) is 14.2 Å². The summed E-state index contributed by atoms with van der Waals surface area (Å²) in [5.41, 5.74) is 1.16. The summed E-state index contributed by atoms with van der Waals surface area (Å²) >= 11 is 6.25. The number of ether oxygens (including phenoxy) is 2. The summed E-state index contributed by atoms with van der Waals surface area (Å²) in [5.74, 6) is 2.25. The Morgan fingerprint density at radius 2 is 1.79 bits per heavy atom. The summed E-state index contributed by atoms with van der Waals surface area (Å²) < 4.78 is 10.6. The summed E-state index contributed by atoms with van der Waals surface area (Å²) in [4.78, 5) is 4.40. The van der Waals surface area contributed by atoms with Gasteiger partial charge >= 0.3 is 0 Å². The molecular weight excluding hydrogens is 324 g/mol. The molecule has 0 bridgehead atoms. The maximum Gasteiger partial charge on any atom is 0.160 e. The molecule has 0 radical (unpaired) electrons. The van der Waals surface area contributed by atoms with Crippen LogP contribution in [0.25, 0.3) is 10.8 Å². The molecule has 2 aromatic carbocycles. The van der Waals surface area contributed by atoms with Gasteiger partial charge in [-0.2, -0.15) is 0 Å². The van der Waals surface area contributed by atoms with E-state index in [-0.39, 0.29) is 0 Å². The number of hydrogen-bond donors (Lipinski definition) is 1. The fourth-order valence-electron chi connectivity index (χ4n) is 2.62. The molecule has 0 atom stereocenters. The van der Waals surface area contributed by atoms with Crippen molar-refractivity contribution in [3.8, 4) is 11.5 Å².